The van der Waals surface area contributed by atoms with Crippen LogP contribution in [0, 0.1) is 5.92 Å². The van der Waals surface area contributed by atoms with E-state index in [1.165, 1.54) is 77.1 Å². The molecule has 2 heterocycles. The molecule has 3 aliphatic rings. The zero-order valence-corrected chi connectivity index (χ0v) is 18.6. The standard InChI is InChI=1S/C25H38N2O3/c1-29-25(28)22-10-8-20(9-11-22)17-26(19-24-7-4-16-30-24)18-21-12-14-27(15-13-21)23-5-2-3-6-23/h8-11,21,23-24H,2-7,12-19H2,1H3. The van der Waals surface area contributed by atoms with E-state index in [4.69, 9.17) is 9.47 Å². The number of piperidine rings is 1. The molecule has 0 spiro atoms. The van der Waals surface area contributed by atoms with Crippen LogP contribution in [0.1, 0.15) is 67.3 Å². The molecule has 30 heavy (non-hydrogen) atoms. The van der Waals surface area contributed by atoms with Crippen molar-refractivity contribution in [2.75, 3.05) is 39.9 Å². The Labute approximate surface area is 181 Å². The zero-order chi connectivity index (χ0) is 20.8. The molecule has 5 heteroatoms. The molecule has 1 atom stereocenters. The Bertz CT molecular complexity index is 657. The van der Waals surface area contributed by atoms with E-state index < -0.39 is 0 Å². The molecule has 5 nitrogen and oxygen atoms in total. The molecule has 0 N–H and O–H groups in total. The molecule has 1 aromatic rings. The fraction of sp³-hybridized carbons (Fsp3) is 0.720. The van der Waals surface area contributed by atoms with Gasteiger partial charge >= 0.3 is 5.97 Å². The van der Waals surface area contributed by atoms with Gasteiger partial charge in [-0.3, -0.25) is 4.90 Å². The van der Waals surface area contributed by atoms with Crippen molar-refractivity contribution in [2.45, 2.75) is 70.1 Å². The molecule has 0 amide bonds. The maximum Gasteiger partial charge on any atom is 0.337 e. The molecule has 2 saturated heterocycles. The first-order valence-electron chi connectivity index (χ1n) is 12.0. The highest BCUT2D eigenvalue weighted by Gasteiger charge is 2.29. The topological polar surface area (TPSA) is 42.0 Å². The third-order valence-electron chi connectivity index (χ3n) is 7.27. The van der Waals surface area contributed by atoms with Gasteiger partial charge in [0.2, 0.25) is 0 Å². The van der Waals surface area contributed by atoms with E-state index in [2.05, 4.69) is 21.9 Å². The summed E-state index contributed by atoms with van der Waals surface area (Å²) in [5.74, 6) is 0.505. The minimum Gasteiger partial charge on any atom is -0.465 e. The van der Waals surface area contributed by atoms with E-state index in [-0.39, 0.29) is 5.97 Å². The molecule has 1 unspecified atom stereocenters. The first kappa shape index (κ1) is 21.8. The van der Waals surface area contributed by atoms with Gasteiger partial charge in [-0.2, -0.15) is 0 Å². The molecule has 0 aromatic heterocycles. The summed E-state index contributed by atoms with van der Waals surface area (Å²) in [5, 5.41) is 0. The molecule has 0 bridgehead atoms. The molecule has 0 radical (unpaired) electrons. The SMILES string of the molecule is COC(=O)c1ccc(CN(CC2CCN(C3CCCC3)CC2)CC2CCCO2)cc1. The van der Waals surface area contributed by atoms with Crippen LogP contribution in [0.15, 0.2) is 24.3 Å². The van der Waals surface area contributed by atoms with Gasteiger partial charge in [0.15, 0.2) is 0 Å². The average Bonchev–Trinajstić information content (AvgIpc) is 3.49. The van der Waals surface area contributed by atoms with Crippen LogP contribution in [-0.4, -0.2) is 67.8 Å². The first-order valence-corrected chi connectivity index (χ1v) is 12.0. The van der Waals surface area contributed by atoms with Crippen LogP contribution in [0.25, 0.3) is 0 Å². The summed E-state index contributed by atoms with van der Waals surface area (Å²) < 4.78 is 10.8. The molecule has 1 saturated carbocycles. The smallest absolute Gasteiger partial charge is 0.337 e. The fourth-order valence-electron chi connectivity index (χ4n) is 5.54. The number of rotatable bonds is 8. The van der Waals surface area contributed by atoms with Crippen LogP contribution in [0.4, 0.5) is 0 Å². The van der Waals surface area contributed by atoms with Gasteiger partial charge in [0.05, 0.1) is 18.8 Å². The number of nitrogens with zero attached hydrogens (tertiary/aromatic N) is 2. The van der Waals surface area contributed by atoms with Crippen molar-refractivity contribution in [1.29, 1.82) is 0 Å². The normalized spacial score (nSPS) is 24.0. The molecular formula is C25H38N2O3. The van der Waals surface area contributed by atoms with Crippen molar-refractivity contribution in [3.05, 3.63) is 35.4 Å². The number of hydrogen-bond acceptors (Lipinski definition) is 5. The van der Waals surface area contributed by atoms with Gasteiger partial charge in [0.1, 0.15) is 0 Å². The third-order valence-corrected chi connectivity index (χ3v) is 7.27. The van der Waals surface area contributed by atoms with Crippen molar-refractivity contribution in [1.82, 2.24) is 9.80 Å². The molecule has 1 aromatic carbocycles. The molecule has 4 rings (SSSR count). The second-order valence-electron chi connectivity index (χ2n) is 9.44. The third kappa shape index (κ3) is 5.83. The Balaban J connectivity index is 1.33. The van der Waals surface area contributed by atoms with Crippen LogP contribution in [-0.2, 0) is 16.0 Å². The number of methoxy groups -OCH3 is 1. The van der Waals surface area contributed by atoms with Crippen molar-refractivity contribution in [3.63, 3.8) is 0 Å². The highest BCUT2D eigenvalue weighted by molar-refractivity contribution is 5.89. The molecule has 2 aliphatic heterocycles. The highest BCUT2D eigenvalue weighted by atomic mass is 16.5. The quantitative estimate of drug-likeness (QED) is 0.599. The van der Waals surface area contributed by atoms with E-state index in [1.54, 1.807) is 0 Å². The lowest BCUT2D eigenvalue weighted by Crippen LogP contribution is -2.43. The number of likely N-dealkylation sites (tertiary alicyclic amines) is 1. The zero-order valence-electron chi connectivity index (χ0n) is 18.6. The van der Waals surface area contributed by atoms with E-state index in [9.17, 15) is 4.79 Å². The predicted molar refractivity (Wildman–Crippen MR) is 119 cm³/mol. The van der Waals surface area contributed by atoms with Gasteiger partial charge in [0, 0.05) is 32.3 Å². The minimum atomic E-state index is -0.271. The Hall–Kier alpha value is -1.43. The van der Waals surface area contributed by atoms with E-state index >= 15 is 0 Å². The second-order valence-corrected chi connectivity index (χ2v) is 9.44. The van der Waals surface area contributed by atoms with E-state index in [1.807, 2.05) is 12.1 Å². The molecule has 1 aliphatic carbocycles. The number of hydrogen-bond donors (Lipinski definition) is 0. The van der Waals surface area contributed by atoms with Gasteiger partial charge < -0.3 is 14.4 Å². The summed E-state index contributed by atoms with van der Waals surface area (Å²) in [7, 11) is 1.43. The molecular weight excluding hydrogens is 376 g/mol. The predicted octanol–water partition coefficient (Wildman–Crippen LogP) is 4.11. The Morgan fingerprint density at radius 3 is 2.40 bits per heavy atom. The number of ether oxygens (including phenoxy) is 2. The van der Waals surface area contributed by atoms with E-state index in [0.717, 1.165) is 38.2 Å². The van der Waals surface area contributed by atoms with Crippen molar-refractivity contribution >= 4 is 5.97 Å². The molecule has 3 fully saturated rings. The van der Waals surface area contributed by atoms with Crippen molar-refractivity contribution in [3.8, 4) is 0 Å². The monoisotopic (exact) mass is 414 g/mol. The lowest BCUT2D eigenvalue weighted by molar-refractivity contribution is 0.0540. The summed E-state index contributed by atoms with van der Waals surface area (Å²) in [6.07, 6.45) is 11.1. The second kappa shape index (κ2) is 10.7. The van der Waals surface area contributed by atoms with Crippen LogP contribution in [0.3, 0.4) is 0 Å². The highest BCUT2D eigenvalue weighted by Crippen LogP contribution is 2.28. The summed E-state index contributed by atoms with van der Waals surface area (Å²) >= 11 is 0. The lowest BCUT2D eigenvalue weighted by Gasteiger charge is -2.38. The summed E-state index contributed by atoms with van der Waals surface area (Å²) in [6.45, 7) is 6.54. The van der Waals surface area contributed by atoms with E-state index in [0.29, 0.717) is 11.7 Å². The largest absolute Gasteiger partial charge is 0.465 e. The lowest BCUT2D eigenvalue weighted by atomic mass is 9.94. The van der Waals surface area contributed by atoms with Gasteiger partial charge in [-0.15, -0.1) is 0 Å². The number of benzene rings is 1. The average molecular weight is 415 g/mol. The van der Waals surface area contributed by atoms with Gasteiger partial charge in [-0.1, -0.05) is 25.0 Å². The van der Waals surface area contributed by atoms with Crippen LogP contribution in [0.5, 0.6) is 0 Å². The van der Waals surface area contributed by atoms with Gasteiger partial charge in [-0.25, -0.2) is 4.79 Å². The Morgan fingerprint density at radius 2 is 1.77 bits per heavy atom. The maximum atomic E-state index is 11.7. The number of carbonyl (C=O) groups excluding carboxylic acids is 1. The number of carbonyl (C=O) groups is 1. The van der Waals surface area contributed by atoms with Crippen LogP contribution in [0.2, 0.25) is 0 Å². The minimum absolute atomic E-state index is 0.271. The first-order chi connectivity index (χ1) is 14.7. The number of esters is 1. The van der Waals surface area contributed by atoms with Crippen LogP contribution < -0.4 is 0 Å². The Morgan fingerprint density at radius 1 is 1.03 bits per heavy atom. The molecule has 166 valence electrons. The van der Waals surface area contributed by atoms with Crippen molar-refractivity contribution in [2.24, 2.45) is 5.92 Å². The van der Waals surface area contributed by atoms with Crippen LogP contribution >= 0.6 is 0 Å². The van der Waals surface area contributed by atoms with Gasteiger partial charge in [-0.05, 0) is 75.2 Å². The Kier molecular flexibility index (Phi) is 7.80. The maximum absolute atomic E-state index is 11.7. The summed E-state index contributed by atoms with van der Waals surface area (Å²) in [6, 6.07) is 8.76. The summed E-state index contributed by atoms with van der Waals surface area (Å²) in [5.41, 5.74) is 1.87. The fourth-order valence-corrected chi connectivity index (χ4v) is 5.54. The van der Waals surface area contributed by atoms with Gasteiger partial charge in [0.25, 0.3) is 0 Å². The van der Waals surface area contributed by atoms with Crippen molar-refractivity contribution < 1.29 is 14.3 Å². The summed E-state index contributed by atoms with van der Waals surface area (Å²) in [4.78, 5) is 17.1.